The van der Waals surface area contributed by atoms with Crippen molar-refractivity contribution >= 4 is 5.97 Å². The molecule has 0 spiro atoms. The van der Waals surface area contributed by atoms with Crippen LogP contribution in [0.1, 0.15) is 21.9 Å². The van der Waals surface area contributed by atoms with E-state index in [1.807, 2.05) is 37.3 Å². The number of esters is 1. The molecule has 0 aliphatic rings. The Balaban J connectivity index is 2.19. The predicted molar refractivity (Wildman–Crippen MR) is 71.6 cm³/mol. The maximum atomic E-state index is 11.5. The van der Waals surface area contributed by atoms with Crippen molar-refractivity contribution in [1.82, 2.24) is 9.55 Å². The number of carbonyl (C=O) groups is 1. The lowest BCUT2D eigenvalue weighted by molar-refractivity contribution is 0.0589. The summed E-state index contributed by atoms with van der Waals surface area (Å²) in [6.45, 7) is 2.24. The van der Waals surface area contributed by atoms with Gasteiger partial charge in [-0.15, -0.1) is 0 Å². The highest BCUT2D eigenvalue weighted by Crippen LogP contribution is 2.06. The van der Waals surface area contributed by atoms with Crippen LogP contribution in [0, 0.1) is 18.8 Å². The molecule has 0 unspecified atom stereocenters. The molecule has 0 atom stereocenters. The number of rotatable bonds is 2. The number of carbonyl (C=O) groups excluding carboxylic acids is 1. The molecule has 1 aromatic heterocycles. The second-order valence-electron chi connectivity index (χ2n) is 3.94. The molecule has 2 aromatic rings. The average molecular weight is 254 g/mol. The topological polar surface area (TPSA) is 44.1 Å². The smallest absolute Gasteiger partial charge is 0.356 e. The third-order valence-electron chi connectivity index (χ3n) is 2.69. The monoisotopic (exact) mass is 254 g/mol. The molecule has 0 N–H and O–H groups in total. The van der Waals surface area contributed by atoms with E-state index in [0.717, 1.165) is 11.4 Å². The van der Waals surface area contributed by atoms with Crippen molar-refractivity contribution in [3.8, 4) is 11.8 Å². The normalized spacial score (nSPS) is 9.58. The Morgan fingerprint density at radius 2 is 2.11 bits per heavy atom. The maximum Gasteiger partial charge on any atom is 0.356 e. The van der Waals surface area contributed by atoms with Gasteiger partial charge < -0.3 is 9.30 Å². The highest BCUT2D eigenvalue weighted by atomic mass is 16.5. The van der Waals surface area contributed by atoms with Gasteiger partial charge >= 0.3 is 5.97 Å². The summed E-state index contributed by atoms with van der Waals surface area (Å²) in [5, 5.41) is 0. The number of benzene rings is 1. The summed E-state index contributed by atoms with van der Waals surface area (Å²) in [4.78, 5) is 15.7. The zero-order chi connectivity index (χ0) is 13.7. The Kier molecular flexibility index (Phi) is 3.99. The summed E-state index contributed by atoms with van der Waals surface area (Å²) in [5.74, 6) is 6.41. The molecular weight excluding hydrogens is 240 g/mol. The fourth-order valence-electron chi connectivity index (χ4n) is 1.68. The van der Waals surface area contributed by atoms with E-state index in [1.165, 1.54) is 13.3 Å². The number of ether oxygens (including phenoxy) is 1. The van der Waals surface area contributed by atoms with Gasteiger partial charge in [-0.2, -0.15) is 0 Å². The van der Waals surface area contributed by atoms with Crippen LogP contribution < -0.4 is 0 Å². The molecule has 0 amide bonds. The number of imidazole rings is 1. The Bertz CT molecular complexity index is 633. The van der Waals surface area contributed by atoms with Crippen LogP contribution in [0.25, 0.3) is 0 Å². The lowest BCUT2D eigenvalue weighted by Gasteiger charge is -2.04. The first-order valence-corrected chi connectivity index (χ1v) is 5.86. The molecule has 0 radical (unpaired) electrons. The molecule has 0 bridgehead atoms. The van der Waals surface area contributed by atoms with Gasteiger partial charge in [-0.1, -0.05) is 30.0 Å². The molecule has 0 aliphatic heterocycles. The van der Waals surface area contributed by atoms with Gasteiger partial charge in [-0.25, -0.2) is 9.78 Å². The Morgan fingerprint density at radius 3 is 2.79 bits per heavy atom. The number of aromatic nitrogens is 2. The number of hydrogen-bond acceptors (Lipinski definition) is 3. The van der Waals surface area contributed by atoms with Crippen molar-refractivity contribution in [3.05, 3.63) is 53.6 Å². The highest BCUT2D eigenvalue weighted by molar-refractivity contribution is 5.87. The summed E-state index contributed by atoms with van der Waals surface area (Å²) in [6.07, 6.45) is 1.51. The van der Waals surface area contributed by atoms with E-state index >= 15 is 0 Å². The van der Waals surface area contributed by atoms with Crippen molar-refractivity contribution in [2.45, 2.75) is 13.5 Å². The molecule has 1 aromatic carbocycles. The van der Waals surface area contributed by atoms with Crippen LogP contribution >= 0.6 is 0 Å². The highest BCUT2D eigenvalue weighted by Gasteiger charge is 2.13. The van der Waals surface area contributed by atoms with Gasteiger partial charge in [0.05, 0.1) is 19.9 Å². The standard InChI is InChI=1S/C15H14N2O2/c1-12-16-11-14(15(18)19-2)17(12)10-6-9-13-7-4-3-5-8-13/h3-5,7-8,11H,10H2,1-2H3. The molecule has 0 aliphatic carbocycles. The zero-order valence-corrected chi connectivity index (χ0v) is 10.9. The molecule has 0 saturated carbocycles. The molecule has 1 heterocycles. The number of aryl methyl sites for hydroxylation is 1. The second kappa shape index (κ2) is 5.87. The summed E-state index contributed by atoms with van der Waals surface area (Å²) in [7, 11) is 1.35. The Hall–Kier alpha value is -2.54. The van der Waals surface area contributed by atoms with Crippen LogP contribution in [0.15, 0.2) is 36.5 Å². The molecule has 4 heteroatoms. The van der Waals surface area contributed by atoms with Gasteiger partial charge in [0.15, 0.2) is 0 Å². The first-order chi connectivity index (χ1) is 9.22. The SMILES string of the molecule is COC(=O)c1cnc(C)n1CC#Cc1ccccc1. The van der Waals surface area contributed by atoms with Crippen LogP contribution in [-0.4, -0.2) is 22.6 Å². The first-order valence-electron chi connectivity index (χ1n) is 5.86. The van der Waals surface area contributed by atoms with Gasteiger partial charge in [-0.05, 0) is 19.1 Å². The van der Waals surface area contributed by atoms with Crippen LogP contribution in [0.5, 0.6) is 0 Å². The fraction of sp³-hybridized carbons (Fsp3) is 0.200. The quantitative estimate of drug-likeness (QED) is 0.608. The minimum absolute atomic E-state index is 0.401. The van der Waals surface area contributed by atoms with Gasteiger partial charge in [0.2, 0.25) is 0 Å². The number of methoxy groups -OCH3 is 1. The van der Waals surface area contributed by atoms with E-state index in [1.54, 1.807) is 4.57 Å². The van der Waals surface area contributed by atoms with Gasteiger partial charge in [-0.3, -0.25) is 0 Å². The molecule has 19 heavy (non-hydrogen) atoms. The van der Waals surface area contributed by atoms with E-state index in [4.69, 9.17) is 4.74 Å². The molecule has 2 rings (SSSR count). The van der Waals surface area contributed by atoms with Crippen molar-refractivity contribution in [2.75, 3.05) is 7.11 Å². The van der Waals surface area contributed by atoms with E-state index in [2.05, 4.69) is 16.8 Å². The zero-order valence-electron chi connectivity index (χ0n) is 10.9. The summed E-state index contributed by atoms with van der Waals surface area (Å²) in [5.41, 5.74) is 1.36. The molecule has 0 saturated heterocycles. The van der Waals surface area contributed by atoms with Crippen LogP contribution in [0.4, 0.5) is 0 Å². The summed E-state index contributed by atoms with van der Waals surface area (Å²) >= 11 is 0. The van der Waals surface area contributed by atoms with Crippen molar-refractivity contribution < 1.29 is 9.53 Å². The summed E-state index contributed by atoms with van der Waals surface area (Å²) in [6, 6.07) is 9.70. The number of nitrogens with zero attached hydrogens (tertiary/aromatic N) is 2. The third kappa shape index (κ3) is 3.02. The first kappa shape index (κ1) is 12.9. The third-order valence-corrected chi connectivity index (χ3v) is 2.69. The van der Waals surface area contributed by atoms with Gasteiger partial charge in [0.25, 0.3) is 0 Å². The van der Waals surface area contributed by atoms with Crippen molar-refractivity contribution in [3.63, 3.8) is 0 Å². The largest absolute Gasteiger partial charge is 0.464 e. The van der Waals surface area contributed by atoms with Crippen LogP contribution in [0.2, 0.25) is 0 Å². The van der Waals surface area contributed by atoms with Crippen molar-refractivity contribution in [1.29, 1.82) is 0 Å². The van der Waals surface area contributed by atoms with Crippen LogP contribution in [-0.2, 0) is 11.3 Å². The van der Waals surface area contributed by atoms with E-state index in [0.29, 0.717) is 12.2 Å². The molecule has 4 nitrogen and oxygen atoms in total. The molecule has 96 valence electrons. The Labute approximate surface area is 112 Å². The van der Waals surface area contributed by atoms with Crippen LogP contribution in [0.3, 0.4) is 0 Å². The average Bonchev–Trinajstić information content (AvgIpc) is 2.81. The Morgan fingerprint density at radius 1 is 1.37 bits per heavy atom. The maximum absolute atomic E-state index is 11.5. The van der Waals surface area contributed by atoms with E-state index in [-0.39, 0.29) is 0 Å². The number of hydrogen-bond donors (Lipinski definition) is 0. The van der Waals surface area contributed by atoms with Crippen molar-refractivity contribution in [2.24, 2.45) is 0 Å². The lowest BCUT2D eigenvalue weighted by atomic mass is 10.2. The van der Waals surface area contributed by atoms with Gasteiger partial charge in [0.1, 0.15) is 11.5 Å². The predicted octanol–water partition coefficient (Wildman–Crippen LogP) is 2.03. The van der Waals surface area contributed by atoms with Gasteiger partial charge in [0, 0.05) is 5.56 Å². The summed E-state index contributed by atoms with van der Waals surface area (Å²) < 4.78 is 6.44. The fourth-order valence-corrected chi connectivity index (χ4v) is 1.68. The molecule has 0 fully saturated rings. The molecular formula is C15H14N2O2. The van der Waals surface area contributed by atoms with E-state index in [9.17, 15) is 4.79 Å². The second-order valence-corrected chi connectivity index (χ2v) is 3.94. The minimum atomic E-state index is -0.401. The van der Waals surface area contributed by atoms with E-state index < -0.39 is 5.97 Å². The minimum Gasteiger partial charge on any atom is -0.464 e. The lowest BCUT2D eigenvalue weighted by Crippen LogP contribution is -2.11.